The Morgan fingerprint density at radius 3 is 2.61 bits per heavy atom. The molecule has 0 amide bonds. The first-order valence-corrected chi connectivity index (χ1v) is 7.86. The van der Waals surface area contributed by atoms with E-state index in [9.17, 15) is 13.2 Å². The Hall–Kier alpha value is -0.630. The van der Waals surface area contributed by atoms with Crippen LogP contribution in [0.2, 0.25) is 0 Å². The Kier molecular flexibility index (Phi) is 5.58. The van der Waals surface area contributed by atoms with E-state index in [1.165, 1.54) is 19.2 Å². The highest BCUT2D eigenvalue weighted by molar-refractivity contribution is 9.10. The molecule has 0 atom stereocenters. The van der Waals surface area contributed by atoms with Crippen molar-refractivity contribution in [3.63, 3.8) is 0 Å². The summed E-state index contributed by atoms with van der Waals surface area (Å²) < 4.78 is 32.4. The number of hydrogen-bond donors (Lipinski definition) is 0. The molecule has 1 aromatic carbocycles. The molecule has 0 aliphatic heterocycles. The van der Waals surface area contributed by atoms with E-state index in [1.54, 1.807) is 0 Å². The van der Waals surface area contributed by atoms with Gasteiger partial charge in [-0.1, -0.05) is 0 Å². The zero-order chi connectivity index (χ0) is 13.8. The second-order valence-corrected chi connectivity index (χ2v) is 6.60. The fraction of sp³-hybridized carbons (Fsp3) is 0.300. The number of ether oxygens (including phenoxy) is 2. The average Bonchev–Trinajstić information content (AvgIpc) is 2.28. The molecule has 0 fully saturated rings. The van der Waals surface area contributed by atoms with Crippen LogP contribution in [0, 0.1) is 0 Å². The minimum atomic E-state index is -3.92. The van der Waals surface area contributed by atoms with Crippen molar-refractivity contribution >= 4 is 41.6 Å². The third-order valence-corrected chi connectivity index (χ3v) is 4.27. The van der Waals surface area contributed by atoms with Crippen LogP contribution in [0.5, 0.6) is 0 Å². The van der Waals surface area contributed by atoms with Gasteiger partial charge in [-0.3, -0.25) is 0 Å². The van der Waals surface area contributed by atoms with Gasteiger partial charge in [0.1, 0.15) is 6.61 Å². The second kappa shape index (κ2) is 6.51. The lowest BCUT2D eigenvalue weighted by Crippen LogP contribution is -2.10. The van der Waals surface area contributed by atoms with Crippen LogP contribution in [0.25, 0.3) is 0 Å². The van der Waals surface area contributed by atoms with E-state index in [1.807, 2.05) is 0 Å². The standard InChI is InChI=1S/C10H10BrClO5S/c1-16-4-5-17-10(13)7-2-3-8(11)9(6-7)18(12,14)15/h2-3,6H,4-5H2,1H3. The van der Waals surface area contributed by atoms with Crippen LogP contribution in [-0.4, -0.2) is 34.7 Å². The molecule has 5 nitrogen and oxygen atoms in total. The average molecular weight is 358 g/mol. The Bertz CT molecular complexity index is 543. The fourth-order valence-electron chi connectivity index (χ4n) is 1.12. The van der Waals surface area contributed by atoms with Crippen molar-refractivity contribution in [2.45, 2.75) is 4.90 Å². The molecule has 0 aliphatic rings. The van der Waals surface area contributed by atoms with Gasteiger partial charge < -0.3 is 9.47 Å². The SMILES string of the molecule is COCCOC(=O)c1ccc(Br)c(S(=O)(=O)Cl)c1. The molecule has 0 heterocycles. The van der Waals surface area contributed by atoms with Crippen LogP contribution < -0.4 is 0 Å². The summed E-state index contributed by atoms with van der Waals surface area (Å²) in [6.45, 7) is 0.358. The third kappa shape index (κ3) is 4.24. The third-order valence-electron chi connectivity index (χ3n) is 1.95. The van der Waals surface area contributed by atoms with Crippen molar-refractivity contribution in [1.29, 1.82) is 0 Å². The van der Waals surface area contributed by atoms with Crippen molar-refractivity contribution in [3.8, 4) is 0 Å². The van der Waals surface area contributed by atoms with E-state index < -0.39 is 15.0 Å². The fourth-order valence-corrected chi connectivity index (χ4v) is 3.24. The number of hydrogen-bond acceptors (Lipinski definition) is 5. The van der Waals surface area contributed by atoms with Gasteiger partial charge in [-0.25, -0.2) is 13.2 Å². The van der Waals surface area contributed by atoms with E-state index >= 15 is 0 Å². The minimum Gasteiger partial charge on any atom is -0.460 e. The first-order valence-electron chi connectivity index (χ1n) is 4.76. The molecule has 0 spiro atoms. The van der Waals surface area contributed by atoms with Crippen molar-refractivity contribution in [1.82, 2.24) is 0 Å². The van der Waals surface area contributed by atoms with Crippen LogP contribution in [0.1, 0.15) is 10.4 Å². The lowest BCUT2D eigenvalue weighted by Gasteiger charge is -2.06. The molecule has 8 heteroatoms. The van der Waals surface area contributed by atoms with Crippen LogP contribution in [0.4, 0.5) is 0 Å². The van der Waals surface area contributed by atoms with Crippen LogP contribution in [-0.2, 0) is 18.5 Å². The van der Waals surface area contributed by atoms with E-state index in [0.717, 1.165) is 6.07 Å². The van der Waals surface area contributed by atoms with Gasteiger partial charge in [-0.15, -0.1) is 0 Å². The first kappa shape index (κ1) is 15.4. The number of carbonyl (C=O) groups is 1. The lowest BCUT2D eigenvalue weighted by atomic mass is 10.2. The van der Waals surface area contributed by atoms with Gasteiger partial charge in [-0.05, 0) is 34.1 Å². The maximum absolute atomic E-state index is 11.6. The van der Waals surface area contributed by atoms with Gasteiger partial charge in [0.15, 0.2) is 0 Å². The Labute approximate surface area is 118 Å². The molecule has 0 bridgehead atoms. The quantitative estimate of drug-likeness (QED) is 0.459. The number of carbonyl (C=O) groups excluding carboxylic acids is 1. The highest BCUT2D eigenvalue weighted by Gasteiger charge is 2.18. The Morgan fingerprint density at radius 2 is 2.06 bits per heavy atom. The predicted molar refractivity (Wildman–Crippen MR) is 69.3 cm³/mol. The van der Waals surface area contributed by atoms with E-state index in [0.29, 0.717) is 0 Å². The summed E-state index contributed by atoms with van der Waals surface area (Å²) in [5.74, 6) is -0.638. The highest BCUT2D eigenvalue weighted by Crippen LogP contribution is 2.26. The highest BCUT2D eigenvalue weighted by atomic mass is 79.9. The molecule has 0 saturated heterocycles. The van der Waals surface area contributed by atoms with Gasteiger partial charge in [-0.2, -0.15) is 0 Å². The van der Waals surface area contributed by atoms with Crippen LogP contribution in [0.15, 0.2) is 27.6 Å². The van der Waals surface area contributed by atoms with E-state index in [2.05, 4.69) is 15.9 Å². The maximum atomic E-state index is 11.6. The molecular formula is C10H10BrClO5S. The van der Waals surface area contributed by atoms with Crippen molar-refractivity contribution in [3.05, 3.63) is 28.2 Å². The number of benzene rings is 1. The second-order valence-electron chi connectivity index (χ2n) is 3.21. The van der Waals surface area contributed by atoms with Crippen molar-refractivity contribution in [2.24, 2.45) is 0 Å². The Morgan fingerprint density at radius 1 is 1.39 bits per heavy atom. The zero-order valence-electron chi connectivity index (χ0n) is 9.35. The summed E-state index contributed by atoms with van der Waals surface area (Å²) >= 11 is 3.04. The summed E-state index contributed by atoms with van der Waals surface area (Å²) in [6, 6.07) is 4.01. The summed E-state index contributed by atoms with van der Waals surface area (Å²) in [5, 5.41) is 0. The predicted octanol–water partition coefficient (Wildman–Crippen LogP) is 2.18. The molecule has 1 rings (SSSR count). The number of methoxy groups -OCH3 is 1. The molecule has 100 valence electrons. The van der Waals surface area contributed by atoms with Gasteiger partial charge in [0, 0.05) is 22.3 Å². The molecule has 0 saturated carbocycles. The monoisotopic (exact) mass is 356 g/mol. The summed E-state index contributed by atoms with van der Waals surface area (Å²) in [6.07, 6.45) is 0. The lowest BCUT2D eigenvalue weighted by molar-refractivity contribution is 0.0388. The molecule has 0 aliphatic carbocycles. The summed E-state index contributed by atoms with van der Waals surface area (Å²) in [5.41, 5.74) is 0.105. The Balaban J connectivity index is 2.95. The topological polar surface area (TPSA) is 69.7 Å². The van der Waals surface area contributed by atoms with Gasteiger partial charge >= 0.3 is 5.97 Å². The number of halogens is 2. The molecular weight excluding hydrogens is 348 g/mol. The van der Waals surface area contributed by atoms with E-state index in [-0.39, 0.29) is 28.1 Å². The zero-order valence-corrected chi connectivity index (χ0v) is 12.5. The molecule has 0 N–H and O–H groups in total. The van der Waals surface area contributed by atoms with Crippen molar-refractivity contribution in [2.75, 3.05) is 20.3 Å². The molecule has 0 unspecified atom stereocenters. The molecule has 0 aromatic heterocycles. The number of esters is 1. The molecule has 1 aromatic rings. The maximum Gasteiger partial charge on any atom is 0.338 e. The number of rotatable bonds is 5. The van der Waals surface area contributed by atoms with E-state index in [4.69, 9.17) is 20.2 Å². The minimum absolute atomic E-state index is 0.0916. The van der Waals surface area contributed by atoms with Crippen LogP contribution >= 0.6 is 26.6 Å². The molecule has 0 radical (unpaired) electrons. The van der Waals surface area contributed by atoms with Gasteiger partial charge in [0.2, 0.25) is 0 Å². The summed E-state index contributed by atoms with van der Waals surface area (Å²) in [7, 11) is 2.79. The first-order chi connectivity index (χ1) is 8.36. The summed E-state index contributed by atoms with van der Waals surface area (Å²) in [4.78, 5) is 11.4. The van der Waals surface area contributed by atoms with Crippen LogP contribution in [0.3, 0.4) is 0 Å². The van der Waals surface area contributed by atoms with Gasteiger partial charge in [0.05, 0.1) is 17.1 Å². The molecule has 18 heavy (non-hydrogen) atoms. The normalized spacial score (nSPS) is 11.3. The smallest absolute Gasteiger partial charge is 0.338 e. The largest absolute Gasteiger partial charge is 0.460 e. The van der Waals surface area contributed by atoms with Crippen molar-refractivity contribution < 1.29 is 22.7 Å². The van der Waals surface area contributed by atoms with Gasteiger partial charge in [0.25, 0.3) is 9.05 Å².